The van der Waals surface area contributed by atoms with Gasteiger partial charge in [0.2, 0.25) is 0 Å². The van der Waals surface area contributed by atoms with Crippen molar-refractivity contribution in [1.29, 1.82) is 0 Å². The molecular formula is C14H14BrF2NS. The first-order valence-electron chi connectivity index (χ1n) is 5.94. The number of hydrogen-bond acceptors (Lipinski definition) is 2. The van der Waals surface area contributed by atoms with E-state index in [0.717, 1.165) is 17.0 Å². The molecule has 5 heteroatoms. The van der Waals surface area contributed by atoms with Crippen LogP contribution in [0.25, 0.3) is 0 Å². The van der Waals surface area contributed by atoms with E-state index in [2.05, 4.69) is 21.2 Å². The quantitative estimate of drug-likeness (QED) is 0.857. The van der Waals surface area contributed by atoms with Crippen molar-refractivity contribution < 1.29 is 8.78 Å². The topological polar surface area (TPSA) is 12.0 Å². The van der Waals surface area contributed by atoms with Crippen LogP contribution in [0.4, 0.5) is 8.78 Å². The summed E-state index contributed by atoms with van der Waals surface area (Å²) in [5.41, 5.74) is 0.409. The Morgan fingerprint density at radius 3 is 2.68 bits per heavy atom. The lowest BCUT2D eigenvalue weighted by Gasteiger charge is -2.16. The Morgan fingerprint density at radius 1 is 1.26 bits per heavy atom. The molecule has 1 nitrogen and oxygen atoms in total. The van der Waals surface area contributed by atoms with Crippen LogP contribution in [0.1, 0.15) is 10.4 Å². The summed E-state index contributed by atoms with van der Waals surface area (Å²) in [6, 6.07) is 6.39. The standard InChI is InChI=1S/C14H14BrF2NS/c1-18-10(8-13-11(15)5-6-19-13)7-9-3-2-4-12(16)14(9)17/h2-6,10,18H,7-8H2,1H3. The van der Waals surface area contributed by atoms with Crippen LogP contribution in [-0.4, -0.2) is 13.1 Å². The molecule has 0 bridgehead atoms. The first-order chi connectivity index (χ1) is 9.11. The van der Waals surface area contributed by atoms with Crippen molar-refractivity contribution in [2.24, 2.45) is 0 Å². The number of benzene rings is 1. The zero-order valence-corrected chi connectivity index (χ0v) is 12.8. The van der Waals surface area contributed by atoms with Crippen LogP contribution in [-0.2, 0) is 12.8 Å². The van der Waals surface area contributed by atoms with Gasteiger partial charge in [-0.1, -0.05) is 12.1 Å². The third-order valence-electron chi connectivity index (χ3n) is 3.03. The monoisotopic (exact) mass is 345 g/mol. The summed E-state index contributed by atoms with van der Waals surface area (Å²) in [5.74, 6) is -1.53. The fourth-order valence-electron chi connectivity index (χ4n) is 1.94. The third kappa shape index (κ3) is 3.61. The minimum atomic E-state index is -0.787. The second kappa shape index (κ2) is 6.59. The molecule has 0 fully saturated rings. The average molecular weight is 346 g/mol. The normalized spacial score (nSPS) is 12.6. The molecule has 1 aromatic carbocycles. The van der Waals surface area contributed by atoms with E-state index in [4.69, 9.17) is 0 Å². The second-order valence-corrected chi connectivity index (χ2v) is 6.15. The molecule has 0 radical (unpaired) electrons. The molecule has 0 aliphatic rings. The maximum absolute atomic E-state index is 13.6. The lowest BCUT2D eigenvalue weighted by atomic mass is 10.0. The van der Waals surface area contributed by atoms with Crippen molar-refractivity contribution in [2.45, 2.75) is 18.9 Å². The number of likely N-dealkylation sites (N-methyl/N-ethyl adjacent to an activating group) is 1. The van der Waals surface area contributed by atoms with Gasteiger partial charge in [-0.2, -0.15) is 0 Å². The highest BCUT2D eigenvalue weighted by atomic mass is 79.9. The van der Waals surface area contributed by atoms with Crippen LogP contribution in [0.5, 0.6) is 0 Å². The molecule has 1 atom stereocenters. The molecule has 0 saturated carbocycles. The van der Waals surface area contributed by atoms with Gasteiger partial charge in [0.1, 0.15) is 0 Å². The SMILES string of the molecule is CNC(Cc1cccc(F)c1F)Cc1sccc1Br. The first kappa shape index (κ1) is 14.6. The van der Waals surface area contributed by atoms with Crippen molar-refractivity contribution in [1.82, 2.24) is 5.32 Å². The molecule has 102 valence electrons. The van der Waals surface area contributed by atoms with Gasteiger partial charge >= 0.3 is 0 Å². The first-order valence-corrected chi connectivity index (χ1v) is 7.61. The lowest BCUT2D eigenvalue weighted by Crippen LogP contribution is -2.30. The summed E-state index contributed by atoms with van der Waals surface area (Å²) in [4.78, 5) is 1.20. The van der Waals surface area contributed by atoms with E-state index in [1.807, 2.05) is 18.5 Å². The van der Waals surface area contributed by atoms with Crippen molar-refractivity contribution >= 4 is 27.3 Å². The Hall–Kier alpha value is -0.780. The van der Waals surface area contributed by atoms with Crippen LogP contribution in [0.2, 0.25) is 0 Å². The maximum Gasteiger partial charge on any atom is 0.162 e. The van der Waals surface area contributed by atoms with Crippen LogP contribution < -0.4 is 5.32 Å². The zero-order chi connectivity index (χ0) is 13.8. The Balaban J connectivity index is 2.11. The number of thiophene rings is 1. The largest absolute Gasteiger partial charge is 0.316 e. The average Bonchev–Trinajstić information content (AvgIpc) is 2.79. The highest BCUT2D eigenvalue weighted by Crippen LogP contribution is 2.25. The van der Waals surface area contributed by atoms with E-state index in [-0.39, 0.29) is 6.04 Å². The van der Waals surface area contributed by atoms with Crippen molar-refractivity contribution in [3.63, 3.8) is 0 Å². The fraction of sp³-hybridized carbons (Fsp3) is 0.286. The van der Waals surface area contributed by atoms with E-state index in [1.165, 1.54) is 4.88 Å². The van der Waals surface area contributed by atoms with Gasteiger partial charge in [0, 0.05) is 15.4 Å². The van der Waals surface area contributed by atoms with E-state index < -0.39 is 11.6 Å². The van der Waals surface area contributed by atoms with Crippen molar-refractivity contribution in [3.05, 3.63) is 56.2 Å². The summed E-state index contributed by atoms with van der Waals surface area (Å²) < 4.78 is 27.9. The summed E-state index contributed by atoms with van der Waals surface area (Å²) in [6.45, 7) is 0. The second-order valence-electron chi connectivity index (χ2n) is 4.30. The fourth-order valence-corrected chi connectivity index (χ4v) is 3.54. The summed E-state index contributed by atoms with van der Waals surface area (Å²) in [7, 11) is 1.84. The van der Waals surface area contributed by atoms with Crippen LogP contribution in [0.3, 0.4) is 0 Å². The molecule has 0 amide bonds. The van der Waals surface area contributed by atoms with Gasteiger partial charge in [-0.25, -0.2) is 8.78 Å². The van der Waals surface area contributed by atoms with Gasteiger partial charge in [-0.05, 0) is 58.9 Å². The lowest BCUT2D eigenvalue weighted by molar-refractivity contribution is 0.482. The molecule has 0 aliphatic carbocycles. The Kier molecular flexibility index (Phi) is 5.07. The van der Waals surface area contributed by atoms with Gasteiger partial charge in [0.05, 0.1) is 0 Å². The summed E-state index contributed by atoms with van der Waals surface area (Å²) >= 11 is 5.14. The predicted molar refractivity (Wildman–Crippen MR) is 78.6 cm³/mol. The minimum Gasteiger partial charge on any atom is -0.316 e. The van der Waals surface area contributed by atoms with Crippen molar-refractivity contribution in [2.75, 3.05) is 7.05 Å². The van der Waals surface area contributed by atoms with E-state index in [1.54, 1.807) is 23.5 Å². The molecule has 1 aromatic heterocycles. The predicted octanol–water partition coefficient (Wildman–Crippen LogP) is 4.16. The highest BCUT2D eigenvalue weighted by molar-refractivity contribution is 9.10. The molecule has 1 heterocycles. The molecular weight excluding hydrogens is 332 g/mol. The van der Waals surface area contributed by atoms with Crippen LogP contribution >= 0.6 is 27.3 Å². The molecule has 0 aliphatic heterocycles. The smallest absolute Gasteiger partial charge is 0.162 e. The molecule has 1 unspecified atom stereocenters. The van der Waals surface area contributed by atoms with E-state index in [9.17, 15) is 8.78 Å². The van der Waals surface area contributed by atoms with Gasteiger partial charge in [0.25, 0.3) is 0 Å². The maximum atomic E-state index is 13.6. The molecule has 1 N–H and O–H groups in total. The summed E-state index contributed by atoms with van der Waals surface area (Å²) in [6.07, 6.45) is 1.25. The van der Waals surface area contributed by atoms with E-state index in [0.29, 0.717) is 12.0 Å². The van der Waals surface area contributed by atoms with Gasteiger partial charge in [-0.15, -0.1) is 11.3 Å². The number of halogens is 3. The zero-order valence-electron chi connectivity index (χ0n) is 10.4. The molecule has 0 saturated heterocycles. The number of hydrogen-bond donors (Lipinski definition) is 1. The molecule has 19 heavy (non-hydrogen) atoms. The summed E-state index contributed by atoms with van der Waals surface area (Å²) in [5, 5.41) is 5.17. The van der Waals surface area contributed by atoms with Gasteiger partial charge < -0.3 is 5.32 Å². The highest BCUT2D eigenvalue weighted by Gasteiger charge is 2.15. The molecule has 2 rings (SSSR count). The Labute approximate surface area is 123 Å². The molecule has 2 aromatic rings. The van der Waals surface area contributed by atoms with Crippen molar-refractivity contribution in [3.8, 4) is 0 Å². The van der Waals surface area contributed by atoms with Gasteiger partial charge in [0.15, 0.2) is 11.6 Å². The Morgan fingerprint density at radius 2 is 2.05 bits per heavy atom. The number of rotatable bonds is 5. The third-order valence-corrected chi connectivity index (χ3v) is 4.98. The van der Waals surface area contributed by atoms with E-state index >= 15 is 0 Å². The number of nitrogens with one attached hydrogen (secondary N) is 1. The van der Waals surface area contributed by atoms with Crippen LogP contribution in [0, 0.1) is 11.6 Å². The molecule has 0 spiro atoms. The van der Waals surface area contributed by atoms with Crippen LogP contribution in [0.15, 0.2) is 34.1 Å². The Bertz CT molecular complexity index is 556. The minimum absolute atomic E-state index is 0.0752. The van der Waals surface area contributed by atoms with Gasteiger partial charge in [-0.3, -0.25) is 0 Å².